The first-order chi connectivity index (χ1) is 12.6. The Bertz CT molecular complexity index is 711. The maximum atomic E-state index is 12.2. The van der Waals surface area contributed by atoms with Crippen LogP contribution >= 0.6 is 15.9 Å². The summed E-state index contributed by atoms with van der Waals surface area (Å²) in [6, 6.07) is 16.0. The number of carbonyl (C=O) groups excluding carboxylic acids is 1. The van der Waals surface area contributed by atoms with Gasteiger partial charge < -0.3 is 19.9 Å². The SMILES string of the molecule is COc1ccc(C[NH+]2CC[NH+](CC(=O)Nc3ccc(Br)cc3)CC2)cc1. The summed E-state index contributed by atoms with van der Waals surface area (Å²) < 4.78 is 6.22. The van der Waals surface area contributed by atoms with Crippen molar-refractivity contribution in [3.05, 3.63) is 58.6 Å². The molecule has 0 aliphatic carbocycles. The molecule has 0 radical (unpaired) electrons. The summed E-state index contributed by atoms with van der Waals surface area (Å²) in [5.41, 5.74) is 2.18. The Hall–Kier alpha value is -1.89. The second-order valence-electron chi connectivity index (χ2n) is 6.76. The first-order valence-corrected chi connectivity index (χ1v) is 9.77. The maximum Gasteiger partial charge on any atom is 0.279 e. The molecule has 1 aliphatic heterocycles. The number of amides is 1. The van der Waals surface area contributed by atoms with E-state index in [4.69, 9.17) is 4.74 Å². The number of halogens is 1. The van der Waals surface area contributed by atoms with Crippen LogP contribution in [0.5, 0.6) is 5.75 Å². The van der Waals surface area contributed by atoms with Crippen LogP contribution in [0.15, 0.2) is 53.0 Å². The van der Waals surface area contributed by atoms with Crippen LogP contribution in [0.3, 0.4) is 0 Å². The number of hydrogen-bond donors (Lipinski definition) is 3. The maximum absolute atomic E-state index is 12.2. The van der Waals surface area contributed by atoms with Crippen molar-refractivity contribution < 1.29 is 19.3 Å². The van der Waals surface area contributed by atoms with Crippen LogP contribution in [0.2, 0.25) is 0 Å². The minimum absolute atomic E-state index is 0.0842. The summed E-state index contributed by atoms with van der Waals surface area (Å²) >= 11 is 3.40. The van der Waals surface area contributed by atoms with Crippen LogP contribution in [0.25, 0.3) is 0 Å². The van der Waals surface area contributed by atoms with E-state index in [1.807, 2.05) is 36.4 Å². The van der Waals surface area contributed by atoms with Gasteiger partial charge in [0, 0.05) is 15.7 Å². The fraction of sp³-hybridized carbons (Fsp3) is 0.350. The van der Waals surface area contributed by atoms with E-state index in [1.165, 1.54) is 10.5 Å². The second-order valence-corrected chi connectivity index (χ2v) is 7.67. The van der Waals surface area contributed by atoms with Gasteiger partial charge in [-0.05, 0) is 48.5 Å². The highest BCUT2D eigenvalue weighted by atomic mass is 79.9. The molecule has 1 amide bonds. The molecule has 6 heteroatoms. The normalized spacial score (nSPS) is 19.8. The van der Waals surface area contributed by atoms with Gasteiger partial charge in [0.1, 0.15) is 38.5 Å². The fourth-order valence-electron chi connectivity index (χ4n) is 3.31. The van der Waals surface area contributed by atoms with E-state index < -0.39 is 0 Å². The van der Waals surface area contributed by atoms with E-state index in [9.17, 15) is 4.79 Å². The van der Waals surface area contributed by atoms with E-state index in [1.54, 1.807) is 12.0 Å². The van der Waals surface area contributed by atoms with Gasteiger partial charge in [-0.25, -0.2) is 0 Å². The number of methoxy groups -OCH3 is 1. The molecule has 5 nitrogen and oxygen atoms in total. The Balaban J connectivity index is 1.41. The van der Waals surface area contributed by atoms with Crippen LogP contribution in [0.4, 0.5) is 5.69 Å². The molecule has 2 aromatic rings. The van der Waals surface area contributed by atoms with Gasteiger partial charge in [-0.15, -0.1) is 0 Å². The Morgan fingerprint density at radius 2 is 1.62 bits per heavy atom. The minimum atomic E-state index is 0.0842. The van der Waals surface area contributed by atoms with Crippen LogP contribution in [0, 0.1) is 0 Å². The lowest BCUT2D eigenvalue weighted by molar-refractivity contribution is -1.02. The van der Waals surface area contributed by atoms with Crippen LogP contribution in [-0.4, -0.2) is 45.7 Å². The molecule has 3 N–H and O–H groups in total. The standard InChI is InChI=1S/C20H24BrN3O2/c1-26-19-8-2-16(3-9-19)14-23-10-12-24(13-11-23)15-20(25)22-18-6-4-17(21)5-7-18/h2-9H,10-15H2,1H3,(H,22,25)/p+2. The molecule has 138 valence electrons. The molecule has 0 bridgehead atoms. The quantitative estimate of drug-likeness (QED) is 0.633. The second kappa shape index (κ2) is 9.16. The van der Waals surface area contributed by atoms with E-state index >= 15 is 0 Å². The first-order valence-electron chi connectivity index (χ1n) is 8.98. The highest BCUT2D eigenvalue weighted by Gasteiger charge is 2.24. The predicted molar refractivity (Wildman–Crippen MR) is 106 cm³/mol. The molecule has 3 rings (SSSR count). The van der Waals surface area contributed by atoms with Crippen LogP contribution in [-0.2, 0) is 11.3 Å². The number of quaternary nitrogens is 2. The zero-order valence-electron chi connectivity index (χ0n) is 15.1. The summed E-state index contributed by atoms with van der Waals surface area (Å²) in [6.07, 6.45) is 0. The van der Waals surface area contributed by atoms with Gasteiger partial charge in [0.05, 0.1) is 7.11 Å². The lowest BCUT2D eigenvalue weighted by Crippen LogP contribution is -3.28. The van der Waals surface area contributed by atoms with Crippen molar-refractivity contribution in [1.82, 2.24) is 0 Å². The minimum Gasteiger partial charge on any atom is -0.497 e. The average molecular weight is 420 g/mol. The van der Waals surface area contributed by atoms with Gasteiger partial charge >= 0.3 is 0 Å². The van der Waals surface area contributed by atoms with Crippen LogP contribution in [0.1, 0.15) is 5.56 Å². The van der Waals surface area contributed by atoms with Crippen molar-refractivity contribution in [1.29, 1.82) is 0 Å². The molecule has 0 saturated carbocycles. The Morgan fingerprint density at radius 1 is 1.00 bits per heavy atom. The number of carbonyl (C=O) groups is 1. The Morgan fingerprint density at radius 3 is 2.23 bits per heavy atom. The van der Waals surface area contributed by atoms with E-state index in [2.05, 4.69) is 33.4 Å². The van der Waals surface area contributed by atoms with E-state index in [-0.39, 0.29) is 5.91 Å². The summed E-state index contributed by atoms with van der Waals surface area (Å²) in [5, 5.41) is 2.98. The number of benzene rings is 2. The molecule has 0 unspecified atom stereocenters. The highest BCUT2D eigenvalue weighted by molar-refractivity contribution is 9.10. The number of nitrogens with one attached hydrogen (secondary N) is 3. The monoisotopic (exact) mass is 419 g/mol. The number of ether oxygens (including phenoxy) is 1. The summed E-state index contributed by atoms with van der Waals surface area (Å²) in [5.74, 6) is 0.982. The topological polar surface area (TPSA) is 47.2 Å². The smallest absolute Gasteiger partial charge is 0.279 e. The molecule has 0 spiro atoms. The van der Waals surface area contributed by atoms with Crippen molar-refractivity contribution in [3.8, 4) is 5.75 Å². The van der Waals surface area contributed by atoms with Gasteiger partial charge in [-0.3, -0.25) is 4.79 Å². The van der Waals surface area contributed by atoms with Gasteiger partial charge in [-0.2, -0.15) is 0 Å². The first kappa shape index (κ1) is 18.9. The number of anilines is 1. The zero-order valence-corrected chi connectivity index (χ0v) is 16.6. The van der Waals surface area contributed by atoms with Gasteiger partial charge in [-0.1, -0.05) is 15.9 Å². The third-order valence-electron chi connectivity index (χ3n) is 4.82. The molecule has 26 heavy (non-hydrogen) atoms. The van der Waals surface area contributed by atoms with Gasteiger partial charge in [0.2, 0.25) is 0 Å². The van der Waals surface area contributed by atoms with Crippen LogP contribution < -0.4 is 19.9 Å². The number of rotatable bonds is 6. The zero-order chi connectivity index (χ0) is 18.4. The molecular formula is C20H26BrN3O2+2. The van der Waals surface area contributed by atoms with Crippen molar-refractivity contribution in [2.45, 2.75) is 6.54 Å². The van der Waals surface area contributed by atoms with E-state index in [0.29, 0.717) is 6.54 Å². The molecule has 1 heterocycles. The highest BCUT2D eigenvalue weighted by Crippen LogP contribution is 2.13. The molecule has 1 fully saturated rings. The largest absolute Gasteiger partial charge is 0.497 e. The third kappa shape index (κ3) is 5.56. The molecule has 0 aromatic heterocycles. The molecular weight excluding hydrogens is 394 g/mol. The van der Waals surface area contributed by atoms with Crippen molar-refractivity contribution >= 4 is 27.5 Å². The molecule has 0 atom stereocenters. The summed E-state index contributed by atoms with van der Waals surface area (Å²) in [7, 11) is 1.69. The Kier molecular flexibility index (Phi) is 6.66. The van der Waals surface area contributed by atoms with Crippen molar-refractivity contribution in [2.75, 3.05) is 45.2 Å². The predicted octanol–water partition coefficient (Wildman–Crippen LogP) is 0.380. The van der Waals surface area contributed by atoms with Crippen molar-refractivity contribution in [3.63, 3.8) is 0 Å². The van der Waals surface area contributed by atoms with Gasteiger partial charge in [0.15, 0.2) is 6.54 Å². The number of piperazine rings is 1. The Labute approximate surface area is 163 Å². The molecule has 1 aliphatic rings. The lowest BCUT2D eigenvalue weighted by atomic mass is 10.2. The van der Waals surface area contributed by atoms with E-state index in [0.717, 1.165) is 48.6 Å². The van der Waals surface area contributed by atoms with Gasteiger partial charge in [0.25, 0.3) is 5.91 Å². The molecule has 2 aromatic carbocycles. The van der Waals surface area contributed by atoms with Crippen molar-refractivity contribution in [2.24, 2.45) is 0 Å². The average Bonchev–Trinajstić information content (AvgIpc) is 2.66. The fourth-order valence-corrected chi connectivity index (χ4v) is 3.57. The lowest BCUT2D eigenvalue weighted by Gasteiger charge is -2.29. The molecule has 1 saturated heterocycles. The summed E-state index contributed by atoms with van der Waals surface area (Å²) in [6.45, 7) is 5.80. The summed E-state index contributed by atoms with van der Waals surface area (Å²) in [4.78, 5) is 15.2. The number of hydrogen-bond acceptors (Lipinski definition) is 2. The third-order valence-corrected chi connectivity index (χ3v) is 5.34.